The number of hydrogen-bond donors (Lipinski definition) is 1. The lowest BCUT2D eigenvalue weighted by molar-refractivity contribution is -0.384. The van der Waals surface area contributed by atoms with Gasteiger partial charge in [0.15, 0.2) is 0 Å². The molecule has 0 aliphatic heterocycles. The Kier molecular flexibility index (Phi) is 7.35. The molecule has 0 bridgehead atoms. The second kappa shape index (κ2) is 9.93. The molecular formula is C19H19N3O7. The van der Waals surface area contributed by atoms with Crippen LogP contribution < -0.4 is 5.32 Å². The van der Waals surface area contributed by atoms with E-state index >= 15 is 0 Å². The first kappa shape index (κ1) is 21.5. The van der Waals surface area contributed by atoms with Crippen LogP contribution in [0.5, 0.6) is 0 Å². The van der Waals surface area contributed by atoms with Gasteiger partial charge in [-0.05, 0) is 17.7 Å². The Morgan fingerprint density at radius 2 is 1.69 bits per heavy atom. The first-order valence-electron chi connectivity index (χ1n) is 8.47. The van der Waals surface area contributed by atoms with Crippen molar-refractivity contribution >= 4 is 23.5 Å². The molecule has 152 valence electrons. The number of ether oxygens (including phenoxy) is 2. The molecule has 10 nitrogen and oxygen atoms in total. The monoisotopic (exact) mass is 401 g/mol. The molecule has 0 spiro atoms. The first-order valence-corrected chi connectivity index (χ1v) is 8.47. The van der Waals surface area contributed by atoms with Gasteiger partial charge >= 0.3 is 11.9 Å². The predicted octanol–water partition coefficient (Wildman–Crippen LogP) is 1.61. The van der Waals surface area contributed by atoms with Gasteiger partial charge < -0.3 is 14.8 Å². The normalized spacial score (nSPS) is 12.3. The zero-order valence-electron chi connectivity index (χ0n) is 15.7. The summed E-state index contributed by atoms with van der Waals surface area (Å²) < 4.78 is 9.50. The summed E-state index contributed by atoms with van der Waals surface area (Å²) in [6, 6.07) is 7.02. The number of carbonyl (C=O) groups is 3. The van der Waals surface area contributed by atoms with E-state index in [2.05, 4.69) is 10.3 Å². The topological polar surface area (TPSA) is 138 Å². The van der Waals surface area contributed by atoms with Gasteiger partial charge in [0.1, 0.15) is 6.04 Å². The SMILES string of the molecule is COC(=O)C[C@@H](c1ccc([N+](=O)[O-])cc1)[C@@H](NC(=O)c1ccncc1)C(=O)OC. The van der Waals surface area contributed by atoms with Crippen molar-refractivity contribution in [1.29, 1.82) is 0 Å². The number of nitrogens with one attached hydrogen (secondary N) is 1. The predicted molar refractivity (Wildman–Crippen MR) is 100.0 cm³/mol. The highest BCUT2D eigenvalue weighted by Gasteiger charge is 2.34. The van der Waals surface area contributed by atoms with Crippen molar-refractivity contribution in [1.82, 2.24) is 10.3 Å². The second-order valence-corrected chi connectivity index (χ2v) is 5.95. The van der Waals surface area contributed by atoms with Gasteiger partial charge in [-0.2, -0.15) is 0 Å². The van der Waals surface area contributed by atoms with Gasteiger partial charge in [0.05, 0.1) is 25.6 Å². The van der Waals surface area contributed by atoms with Gasteiger partial charge in [0, 0.05) is 36.0 Å². The minimum Gasteiger partial charge on any atom is -0.469 e. The van der Waals surface area contributed by atoms with E-state index in [0.717, 1.165) is 7.11 Å². The quantitative estimate of drug-likeness (QED) is 0.400. The molecule has 0 fully saturated rings. The molecule has 0 aliphatic carbocycles. The van der Waals surface area contributed by atoms with Crippen LogP contribution in [-0.4, -0.2) is 48.0 Å². The van der Waals surface area contributed by atoms with E-state index in [4.69, 9.17) is 9.47 Å². The van der Waals surface area contributed by atoms with Crippen molar-refractivity contribution in [2.75, 3.05) is 14.2 Å². The fourth-order valence-electron chi connectivity index (χ4n) is 2.71. The number of benzene rings is 1. The van der Waals surface area contributed by atoms with Crippen LogP contribution in [0.2, 0.25) is 0 Å². The molecule has 0 radical (unpaired) electrons. The highest BCUT2D eigenvalue weighted by Crippen LogP contribution is 2.27. The first-order chi connectivity index (χ1) is 13.9. The number of aromatic nitrogens is 1. The Bertz CT molecular complexity index is 884. The van der Waals surface area contributed by atoms with Gasteiger partial charge in [-0.3, -0.25) is 24.7 Å². The lowest BCUT2D eigenvalue weighted by Crippen LogP contribution is -2.46. The van der Waals surface area contributed by atoms with Crippen molar-refractivity contribution in [3.05, 3.63) is 70.0 Å². The molecule has 0 saturated carbocycles. The van der Waals surface area contributed by atoms with Crippen LogP contribution in [0.25, 0.3) is 0 Å². The second-order valence-electron chi connectivity index (χ2n) is 5.95. The van der Waals surface area contributed by atoms with Gasteiger partial charge in [0.2, 0.25) is 0 Å². The molecule has 0 saturated heterocycles. The zero-order chi connectivity index (χ0) is 21.4. The van der Waals surface area contributed by atoms with E-state index in [1.807, 2.05) is 0 Å². The minimum atomic E-state index is -1.23. The number of esters is 2. The van der Waals surface area contributed by atoms with Crippen LogP contribution in [0, 0.1) is 10.1 Å². The number of non-ortho nitro benzene ring substituents is 1. The molecule has 1 aromatic carbocycles. The van der Waals surface area contributed by atoms with Crippen molar-refractivity contribution in [2.45, 2.75) is 18.4 Å². The summed E-state index contributed by atoms with van der Waals surface area (Å²) in [5, 5.41) is 13.5. The minimum absolute atomic E-state index is 0.152. The molecule has 29 heavy (non-hydrogen) atoms. The van der Waals surface area contributed by atoms with Gasteiger partial charge in [0.25, 0.3) is 11.6 Å². The number of rotatable bonds is 8. The molecule has 1 N–H and O–H groups in total. The Hall–Kier alpha value is -3.82. The van der Waals surface area contributed by atoms with Gasteiger partial charge in [-0.15, -0.1) is 0 Å². The number of nitro groups is 1. The van der Waals surface area contributed by atoms with Crippen LogP contribution in [0.1, 0.15) is 28.3 Å². The summed E-state index contributed by atoms with van der Waals surface area (Å²) in [6.45, 7) is 0. The van der Waals surface area contributed by atoms with E-state index in [0.29, 0.717) is 5.56 Å². The van der Waals surface area contributed by atoms with Crippen LogP contribution in [0.4, 0.5) is 5.69 Å². The summed E-state index contributed by atoms with van der Waals surface area (Å²) in [7, 11) is 2.34. The average Bonchev–Trinajstić information content (AvgIpc) is 2.75. The van der Waals surface area contributed by atoms with E-state index in [9.17, 15) is 24.5 Å². The van der Waals surface area contributed by atoms with E-state index in [1.54, 1.807) is 0 Å². The maximum absolute atomic E-state index is 12.6. The van der Waals surface area contributed by atoms with E-state index in [1.165, 1.54) is 55.9 Å². The smallest absolute Gasteiger partial charge is 0.329 e. The fraction of sp³-hybridized carbons (Fsp3) is 0.263. The highest BCUT2D eigenvalue weighted by molar-refractivity contribution is 5.97. The van der Waals surface area contributed by atoms with Gasteiger partial charge in [-0.1, -0.05) is 12.1 Å². The Labute approximate surface area is 166 Å². The summed E-state index contributed by atoms with van der Waals surface area (Å²) in [6.07, 6.45) is 2.58. The molecule has 1 heterocycles. The molecule has 2 rings (SSSR count). The Morgan fingerprint density at radius 3 is 2.21 bits per heavy atom. The highest BCUT2D eigenvalue weighted by atomic mass is 16.6. The average molecular weight is 401 g/mol. The number of pyridine rings is 1. The molecule has 2 aromatic rings. The van der Waals surface area contributed by atoms with Crippen molar-refractivity contribution in [2.24, 2.45) is 0 Å². The third kappa shape index (κ3) is 5.58. The van der Waals surface area contributed by atoms with Crippen molar-refractivity contribution < 1.29 is 28.8 Å². The maximum Gasteiger partial charge on any atom is 0.329 e. The number of hydrogen-bond acceptors (Lipinski definition) is 8. The number of carbonyl (C=O) groups excluding carboxylic acids is 3. The summed E-state index contributed by atoms with van der Waals surface area (Å²) in [5.74, 6) is -2.85. The molecule has 0 unspecified atom stereocenters. The number of amides is 1. The van der Waals surface area contributed by atoms with Gasteiger partial charge in [-0.25, -0.2) is 4.79 Å². The third-order valence-electron chi connectivity index (χ3n) is 4.23. The summed E-state index contributed by atoms with van der Waals surface area (Å²) >= 11 is 0. The molecule has 10 heteroatoms. The molecular weight excluding hydrogens is 382 g/mol. The number of nitrogens with zero attached hydrogens (tertiary/aromatic N) is 2. The molecule has 0 aliphatic rings. The van der Waals surface area contributed by atoms with Crippen LogP contribution in [0.15, 0.2) is 48.8 Å². The molecule has 2 atom stereocenters. The maximum atomic E-state index is 12.6. The standard InChI is InChI=1S/C19H19N3O7/c1-28-16(23)11-15(12-3-5-14(6-4-12)22(26)27)17(19(25)29-2)21-18(24)13-7-9-20-10-8-13/h3-10,15,17H,11H2,1-2H3,(H,21,24)/t15-,17+/m0/s1. The Balaban J connectivity index is 2.40. The van der Waals surface area contributed by atoms with Crippen LogP contribution >= 0.6 is 0 Å². The van der Waals surface area contributed by atoms with E-state index < -0.39 is 34.7 Å². The number of methoxy groups -OCH3 is 2. The summed E-state index contributed by atoms with van der Waals surface area (Å²) in [4.78, 5) is 51.1. The zero-order valence-corrected chi connectivity index (χ0v) is 15.7. The van der Waals surface area contributed by atoms with Crippen LogP contribution in [-0.2, 0) is 19.1 Å². The number of nitro benzene ring substituents is 1. The largest absolute Gasteiger partial charge is 0.469 e. The van der Waals surface area contributed by atoms with Crippen molar-refractivity contribution in [3.8, 4) is 0 Å². The Morgan fingerprint density at radius 1 is 1.07 bits per heavy atom. The van der Waals surface area contributed by atoms with Crippen LogP contribution in [0.3, 0.4) is 0 Å². The fourth-order valence-corrected chi connectivity index (χ4v) is 2.71. The lowest BCUT2D eigenvalue weighted by Gasteiger charge is -2.26. The van der Waals surface area contributed by atoms with E-state index in [-0.39, 0.29) is 17.7 Å². The molecule has 1 amide bonds. The molecule has 1 aromatic heterocycles. The third-order valence-corrected chi connectivity index (χ3v) is 4.23. The summed E-state index contributed by atoms with van der Waals surface area (Å²) in [5.41, 5.74) is 0.529. The lowest BCUT2D eigenvalue weighted by atomic mass is 9.88. The van der Waals surface area contributed by atoms with Crippen molar-refractivity contribution in [3.63, 3.8) is 0 Å².